The predicted molar refractivity (Wildman–Crippen MR) is 45.4 cm³/mol. The summed E-state index contributed by atoms with van der Waals surface area (Å²) in [6, 6.07) is 0. The molecule has 54 valence electrons. The van der Waals surface area contributed by atoms with Crippen LogP contribution < -0.4 is 0 Å². The lowest BCUT2D eigenvalue weighted by Gasteiger charge is -1.95. The van der Waals surface area contributed by atoms with Crippen LogP contribution in [0.3, 0.4) is 0 Å². The van der Waals surface area contributed by atoms with Gasteiger partial charge < -0.3 is 0 Å². The Labute approximate surface area is 66.3 Å². The first-order chi connectivity index (χ1) is 4.43. The van der Waals surface area contributed by atoms with E-state index in [0.29, 0.717) is 0 Å². The van der Waals surface area contributed by atoms with Gasteiger partial charge in [0.2, 0.25) is 0 Å². The number of halogens is 1. The van der Waals surface area contributed by atoms with Crippen LogP contribution in [-0.2, 0) is 0 Å². The fraction of sp³-hybridized carbons (Fsp3) is 1.00. The summed E-state index contributed by atoms with van der Waals surface area (Å²) in [4.78, 5) is 0. The monoisotopic (exact) mass is 164 g/mol. The molecule has 0 radical (unpaired) electrons. The normalized spacial score (nSPS) is 18.3. The third-order valence-corrected chi connectivity index (χ3v) is 3.02. The molecule has 2 heteroatoms. The van der Waals surface area contributed by atoms with Gasteiger partial charge in [0.25, 0.3) is 0 Å². The number of thioether (sulfide) groups is 1. The van der Waals surface area contributed by atoms with Crippen molar-refractivity contribution in [2.45, 2.75) is 19.3 Å². The minimum absolute atomic E-state index is 0.831. The van der Waals surface area contributed by atoms with E-state index in [1.165, 1.54) is 30.8 Å². The predicted octanol–water partition coefficient (Wildman–Crippen LogP) is 2.76. The molecule has 1 saturated carbocycles. The van der Waals surface area contributed by atoms with Crippen LogP contribution in [0.15, 0.2) is 0 Å². The molecule has 0 bridgehead atoms. The van der Waals surface area contributed by atoms with E-state index in [1.807, 2.05) is 0 Å². The second kappa shape index (κ2) is 4.45. The molecule has 0 amide bonds. The van der Waals surface area contributed by atoms with Gasteiger partial charge in [-0.2, -0.15) is 11.8 Å². The summed E-state index contributed by atoms with van der Waals surface area (Å²) in [6.07, 6.45) is 4.14. The first kappa shape index (κ1) is 7.74. The van der Waals surface area contributed by atoms with Gasteiger partial charge >= 0.3 is 0 Å². The first-order valence-corrected chi connectivity index (χ1v) is 5.26. The Bertz CT molecular complexity index is 71.3. The van der Waals surface area contributed by atoms with Gasteiger partial charge in [-0.15, -0.1) is 11.6 Å². The largest absolute Gasteiger partial charge is 0.162 e. The van der Waals surface area contributed by atoms with E-state index in [2.05, 4.69) is 11.8 Å². The second-order valence-electron chi connectivity index (χ2n) is 2.56. The minimum atomic E-state index is 0.831. The van der Waals surface area contributed by atoms with Crippen LogP contribution in [0.1, 0.15) is 19.3 Å². The Morgan fingerprint density at radius 3 is 2.78 bits per heavy atom. The van der Waals surface area contributed by atoms with Crippen LogP contribution in [0, 0.1) is 5.92 Å². The molecule has 0 spiro atoms. The quantitative estimate of drug-likeness (QED) is 0.445. The molecule has 1 rings (SSSR count). The number of hydrogen-bond acceptors (Lipinski definition) is 1. The lowest BCUT2D eigenvalue weighted by Crippen LogP contribution is -1.85. The highest BCUT2D eigenvalue weighted by Gasteiger charge is 2.20. The van der Waals surface area contributed by atoms with Crippen molar-refractivity contribution >= 4 is 23.4 Å². The van der Waals surface area contributed by atoms with Crippen molar-refractivity contribution < 1.29 is 0 Å². The third kappa shape index (κ3) is 4.10. The SMILES string of the molecule is ClCCCSCC1CC1. The van der Waals surface area contributed by atoms with Crippen LogP contribution >= 0.6 is 23.4 Å². The number of rotatable bonds is 5. The molecular weight excluding hydrogens is 152 g/mol. The van der Waals surface area contributed by atoms with Crippen molar-refractivity contribution in [1.29, 1.82) is 0 Å². The Morgan fingerprint density at radius 1 is 1.44 bits per heavy atom. The molecule has 9 heavy (non-hydrogen) atoms. The van der Waals surface area contributed by atoms with E-state index in [1.54, 1.807) is 0 Å². The van der Waals surface area contributed by atoms with Crippen molar-refractivity contribution in [1.82, 2.24) is 0 Å². The van der Waals surface area contributed by atoms with E-state index in [4.69, 9.17) is 11.6 Å². The summed E-state index contributed by atoms with van der Waals surface area (Å²) in [5, 5.41) is 0. The van der Waals surface area contributed by atoms with E-state index < -0.39 is 0 Å². The van der Waals surface area contributed by atoms with E-state index in [9.17, 15) is 0 Å². The summed E-state index contributed by atoms with van der Waals surface area (Å²) in [5.41, 5.74) is 0. The maximum atomic E-state index is 5.52. The average molecular weight is 165 g/mol. The third-order valence-electron chi connectivity index (χ3n) is 1.47. The molecule has 0 nitrogen and oxygen atoms in total. The molecule has 0 aromatic carbocycles. The molecule has 0 aromatic rings. The van der Waals surface area contributed by atoms with Gasteiger partial charge in [-0.3, -0.25) is 0 Å². The summed E-state index contributed by atoms with van der Waals surface area (Å²) in [5.74, 6) is 4.56. The first-order valence-electron chi connectivity index (χ1n) is 3.57. The lowest BCUT2D eigenvalue weighted by atomic mass is 10.5. The lowest BCUT2D eigenvalue weighted by molar-refractivity contribution is 0.994. The molecule has 0 atom stereocenters. The zero-order valence-corrected chi connectivity index (χ0v) is 7.18. The maximum absolute atomic E-state index is 5.52. The Morgan fingerprint density at radius 2 is 2.22 bits per heavy atom. The number of hydrogen-bond donors (Lipinski definition) is 0. The van der Waals surface area contributed by atoms with E-state index in [-0.39, 0.29) is 0 Å². The maximum Gasteiger partial charge on any atom is 0.0231 e. The van der Waals surface area contributed by atoms with Gasteiger partial charge in [-0.05, 0) is 36.7 Å². The van der Waals surface area contributed by atoms with Crippen molar-refractivity contribution in [2.75, 3.05) is 17.4 Å². The number of alkyl halides is 1. The van der Waals surface area contributed by atoms with Crippen molar-refractivity contribution in [3.05, 3.63) is 0 Å². The fourth-order valence-electron chi connectivity index (χ4n) is 0.691. The zero-order valence-electron chi connectivity index (χ0n) is 5.61. The van der Waals surface area contributed by atoms with Gasteiger partial charge in [-0.1, -0.05) is 0 Å². The van der Waals surface area contributed by atoms with Gasteiger partial charge in [0.15, 0.2) is 0 Å². The Hall–Kier alpha value is 0.640. The molecule has 1 fully saturated rings. The Balaban J connectivity index is 1.71. The van der Waals surface area contributed by atoms with Gasteiger partial charge in [-0.25, -0.2) is 0 Å². The van der Waals surface area contributed by atoms with Gasteiger partial charge in [0.05, 0.1) is 0 Å². The minimum Gasteiger partial charge on any atom is -0.162 e. The summed E-state index contributed by atoms with van der Waals surface area (Å²) < 4.78 is 0. The highest BCUT2D eigenvalue weighted by molar-refractivity contribution is 7.99. The standard InChI is InChI=1S/C7H13ClS/c8-4-1-5-9-6-7-2-3-7/h7H,1-6H2. The van der Waals surface area contributed by atoms with Crippen molar-refractivity contribution in [3.63, 3.8) is 0 Å². The van der Waals surface area contributed by atoms with E-state index >= 15 is 0 Å². The van der Waals surface area contributed by atoms with Crippen LogP contribution in [-0.4, -0.2) is 17.4 Å². The molecule has 0 unspecified atom stereocenters. The molecule has 0 N–H and O–H groups in total. The Kier molecular flexibility index (Phi) is 3.83. The van der Waals surface area contributed by atoms with Gasteiger partial charge in [0, 0.05) is 5.88 Å². The van der Waals surface area contributed by atoms with Crippen molar-refractivity contribution in [3.8, 4) is 0 Å². The van der Waals surface area contributed by atoms with Gasteiger partial charge in [0.1, 0.15) is 0 Å². The molecule has 0 saturated heterocycles. The average Bonchev–Trinajstić information content (AvgIpc) is 2.63. The molecule has 0 aliphatic heterocycles. The van der Waals surface area contributed by atoms with Crippen LogP contribution in [0.5, 0.6) is 0 Å². The molecule has 1 aliphatic carbocycles. The second-order valence-corrected chi connectivity index (χ2v) is 4.09. The molecular formula is C7H13ClS. The smallest absolute Gasteiger partial charge is 0.0231 e. The van der Waals surface area contributed by atoms with Crippen LogP contribution in [0.2, 0.25) is 0 Å². The van der Waals surface area contributed by atoms with Crippen LogP contribution in [0.4, 0.5) is 0 Å². The van der Waals surface area contributed by atoms with Crippen molar-refractivity contribution in [2.24, 2.45) is 5.92 Å². The summed E-state index contributed by atoms with van der Waals surface area (Å²) in [6.45, 7) is 0. The van der Waals surface area contributed by atoms with Crippen LogP contribution in [0.25, 0.3) is 0 Å². The zero-order chi connectivity index (χ0) is 6.53. The summed E-state index contributed by atoms with van der Waals surface area (Å²) >= 11 is 7.58. The van der Waals surface area contributed by atoms with E-state index in [0.717, 1.165) is 11.8 Å². The fourth-order valence-corrected chi connectivity index (χ4v) is 2.17. The molecule has 1 aliphatic rings. The summed E-state index contributed by atoms with van der Waals surface area (Å²) in [7, 11) is 0. The highest BCUT2D eigenvalue weighted by Crippen LogP contribution is 2.32. The topological polar surface area (TPSA) is 0 Å². The highest BCUT2D eigenvalue weighted by atomic mass is 35.5. The molecule has 0 heterocycles. The molecule has 0 aromatic heterocycles.